The van der Waals surface area contributed by atoms with E-state index in [1.165, 1.54) is 13.0 Å². The Bertz CT molecular complexity index is 1370. The van der Waals surface area contributed by atoms with Gasteiger partial charge in [0.25, 0.3) is 20.0 Å². The van der Waals surface area contributed by atoms with Gasteiger partial charge in [-0.3, -0.25) is 9.44 Å². The van der Waals surface area contributed by atoms with E-state index in [1.54, 1.807) is 0 Å². The molecule has 0 amide bonds. The Balaban J connectivity index is 1.96. The summed E-state index contributed by atoms with van der Waals surface area (Å²) >= 11 is 6.04. The first kappa shape index (κ1) is 27.6. The molecule has 15 heteroatoms. The standard InChI is InChI=1S/C21H15ClF6N2O4S2/c1-12-10-18(29-35(31,32)15-6-2-13(3-7-15)20(23,24)25)19(11-17(12)22)30-36(33,34)16-8-4-14(5-9-16)21(26,27)28/h2-11,29-30H,1H3. The van der Waals surface area contributed by atoms with Gasteiger partial charge in [-0.1, -0.05) is 11.6 Å². The molecule has 0 heterocycles. The van der Waals surface area contributed by atoms with Gasteiger partial charge in [0, 0.05) is 5.02 Å². The quantitative estimate of drug-likeness (QED) is 0.340. The van der Waals surface area contributed by atoms with Crippen LogP contribution < -0.4 is 9.44 Å². The van der Waals surface area contributed by atoms with Crippen molar-refractivity contribution in [1.82, 2.24) is 0 Å². The maximum absolute atomic E-state index is 12.8. The Hall–Kier alpha value is -2.97. The lowest BCUT2D eigenvalue weighted by Crippen LogP contribution is -2.18. The fraction of sp³-hybridized carbons (Fsp3) is 0.143. The molecule has 0 atom stereocenters. The van der Waals surface area contributed by atoms with Crippen molar-refractivity contribution < 1.29 is 43.2 Å². The van der Waals surface area contributed by atoms with Gasteiger partial charge in [-0.2, -0.15) is 26.3 Å². The van der Waals surface area contributed by atoms with E-state index in [2.05, 4.69) is 9.44 Å². The van der Waals surface area contributed by atoms with Gasteiger partial charge >= 0.3 is 12.4 Å². The topological polar surface area (TPSA) is 92.3 Å². The second-order valence-corrected chi connectivity index (χ2v) is 11.2. The summed E-state index contributed by atoms with van der Waals surface area (Å²) in [6.07, 6.45) is -9.38. The molecule has 0 aromatic heterocycles. The van der Waals surface area contributed by atoms with Crippen LogP contribution in [-0.2, 0) is 32.4 Å². The number of rotatable bonds is 6. The molecule has 0 bridgehead atoms. The highest BCUT2D eigenvalue weighted by atomic mass is 35.5. The summed E-state index contributed by atoms with van der Waals surface area (Å²) in [5.41, 5.74) is -2.54. The summed E-state index contributed by atoms with van der Waals surface area (Å²) in [4.78, 5) is -1.09. The van der Waals surface area contributed by atoms with Gasteiger partial charge in [-0.05, 0) is 73.2 Å². The van der Waals surface area contributed by atoms with Gasteiger partial charge in [-0.15, -0.1) is 0 Å². The van der Waals surface area contributed by atoms with Gasteiger partial charge in [0.15, 0.2) is 0 Å². The highest BCUT2D eigenvalue weighted by Gasteiger charge is 2.32. The van der Waals surface area contributed by atoms with Crippen LogP contribution in [0.3, 0.4) is 0 Å². The lowest BCUT2D eigenvalue weighted by atomic mass is 10.2. The number of halogens is 7. The molecule has 3 aromatic rings. The highest BCUT2D eigenvalue weighted by molar-refractivity contribution is 7.93. The fourth-order valence-corrected chi connectivity index (χ4v) is 5.21. The first-order chi connectivity index (χ1) is 16.4. The zero-order valence-corrected chi connectivity index (χ0v) is 20.3. The van der Waals surface area contributed by atoms with Gasteiger partial charge in [0.1, 0.15) is 0 Å². The number of hydrogen-bond donors (Lipinski definition) is 2. The van der Waals surface area contributed by atoms with Crippen LogP contribution >= 0.6 is 11.6 Å². The average Bonchev–Trinajstić information content (AvgIpc) is 2.76. The van der Waals surface area contributed by atoms with E-state index < -0.39 is 53.3 Å². The van der Waals surface area contributed by atoms with Crippen LogP contribution in [0, 0.1) is 6.92 Å². The third kappa shape index (κ3) is 6.23. The zero-order chi connectivity index (χ0) is 27.1. The normalized spacial score (nSPS) is 12.9. The molecule has 0 aliphatic carbocycles. The molecule has 0 spiro atoms. The molecule has 36 heavy (non-hydrogen) atoms. The number of aryl methyl sites for hydroxylation is 1. The smallest absolute Gasteiger partial charge is 0.277 e. The summed E-state index contributed by atoms with van der Waals surface area (Å²) in [6.45, 7) is 1.48. The molecule has 3 aromatic carbocycles. The maximum atomic E-state index is 12.8. The van der Waals surface area contributed by atoms with Crippen molar-refractivity contribution in [3.05, 3.63) is 82.4 Å². The SMILES string of the molecule is Cc1cc(NS(=O)(=O)c2ccc(C(F)(F)F)cc2)c(NS(=O)(=O)c2ccc(C(F)(F)F)cc2)cc1Cl. The first-order valence-corrected chi connectivity index (χ1v) is 12.9. The molecule has 0 unspecified atom stereocenters. The van der Waals surface area contributed by atoms with Gasteiger partial charge in [0.05, 0.1) is 32.3 Å². The number of sulfonamides is 2. The number of alkyl halides is 6. The minimum Gasteiger partial charge on any atom is -0.277 e. The molecular weight excluding hydrogens is 558 g/mol. The molecule has 0 radical (unpaired) electrons. The number of hydrogen-bond acceptors (Lipinski definition) is 4. The van der Waals surface area contributed by atoms with E-state index in [4.69, 9.17) is 11.6 Å². The molecule has 0 aliphatic heterocycles. The van der Waals surface area contributed by atoms with Gasteiger partial charge < -0.3 is 0 Å². The van der Waals surface area contributed by atoms with Crippen LogP contribution in [0.4, 0.5) is 37.7 Å². The second-order valence-electron chi connectivity index (χ2n) is 7.40. The van der Waals surface area contributed by atoms with Crippen LogP contribution in [0.1, 0.15) is 16.7 Å². The molecular formula is C21H15ClF6N2O4S2. The third-order valence-electron chi connectivity index (χ3n) is 4.77. The van der Waals surface area contributed by atoms with Crippen molar-refractivity contribution in [2.45, 2.75) is 29.1 Å². The number of anilines is 2. The minimum absolute atomic E-state index is 0.0256. The van der Waals surface area contributed by atoms with E-state index in [0.29, 0.717) is 42.0 Å². The van der Waals surface area contributed by atoms with Crippen LogP contribution in [0.15, 0.2) is 70.5 Å². The Morgan fingerprint density at radius 3 is 1.31 bits per heavy atom. The van der Waals surface area contributed by atoms with Crippen LogP contribution in [0.2, 0.25) is 5.02 Å². The van der Waals surface area contributed by atoms with Crippen molar-refractivity contribution in [2.24, 2.45) is 0 Å². The number of nitrogens with one attached hydrogen (secondary N) is 2. The van der Waals surface area contributed by atoms with Crippen LogP contribution in [-0.4, -0.2) is 16.8 Å². The van der Waals surface area contributed by atoms with Crippen LogP contribution in [0.25, 0.3) is 0 Å². The molecule has 2 N–H and O–H groups in total. The van der Waals surface area contributed by atoms with E-state index in [1.807, 2.05) is 0 Å². The van der Waals surface area contributed by atoms with Crippen molar-refractivity contribution in [3.8, 4) is 0 Å². The third-order valence-corrected chi connectivity index (χ3v) is 7.94. The zero-order valence-electron chi connectivity index (χ0n) is 17.9. The molecule has 3 rings (SSSR count). The summed E-state index contributed by atoms with van der Waals surface area (Å²) in [5.74, 6) is 0. The fourth-order valence-electron chi connectivity index (χ4n) is 2.90. The van der Waals surface area contributed by atoms with E-state index in [9.17, 15) is 43.2 Å². The lowest BCUT2D eigenvalue weighted by molar-refractivity contribution is -0.138. The Kier molecular flexibility index (Phi) is 7.27. The van der Waals surface area contributed by atoms with Crippen molar-refractivity contribution in [1.29, 1.82) is 0 Å². The van der Waals surface area contributed by atoms with E-state index in [-0.39, 0.29) is 16.4 Å². The molecule has 0 saturated heterocycles. The van der Waals surface area contributed by atoms with Crippen LogP contribution in [0.5, 0.6) is 0 Å². The monoisotopic (exact) mass is 572 g/mol. The molecule has 0 fully saturated rings. The van der Waals surface area contributed by atoms with Crippen molar-refractivity contribution in [3.63, 3.8) is 0 Å². The highest BCUT2D eigenvalue weighted by Crippen LogP contribution is 2.35. The summed E-state index contributed by atoms with van der Waals surface area (Å²) in [5, 5.41) is 0.0256. The average molecular weight is 573 g/mol. The first-order valence-electron chi connectivity index (χ1n) is 9.60. The summed E-state index contributed by atoms with van der Waals surface area (Å²) < 4.78 is 132. The second kappa shape index (κ2) is 9.48. The minimum atomic E-state index is -4.69. The molecule has 0 aliphatic rings. The molecule has 0 saturated carbocycles. The largest absolute Gasteiger partial charge is 0.416 e. The van der Waals surface area contributed by atoms with Crippen molar-refractivity contribution >= 4 is 43.0 Å². The Labute approximate surface area is 207 Å². The predicted octanol–water partition coefficient (Wildman–Crippen LogP) is 6.29. The maximum Gasteiger partial charge on any atom is 0.416 e. The van der Waals surface area contributed by atoms with E-state index >= 15 is 0 Å². The summed E-state index contributed by atoms with van der Waals surface area (Å²) in [7, 11) is -9.00. The molecule has 6 nitrogen and oxygen atoms in total. The van der Waals surface area contributed by atoms with E-state index in [0.717, 1.165) is 18.2 Å². The van der Waals surface area contributed by atoms with Gasteiger partial charge in [0.2, 0.25) is 0 Å². The lowest BCUT2D eigenvalue weighted by Gasteiger charge is -2.17. The van der Waals surface area contributed by atoms with Crippen molar-refractivity contribution in [2.75, 3.05) is 9.44 Å². The Morgan fingerprint density at radius 2 is 0.972 bits per heavy atom. The van der Waals surface area contributed by atoms with Gasteiger partial charge in [-0.25, -0.2) is 16.8 Å². The molecule has 194 valence electrons. The number of benzene rings is 3. The Morgan fingerprint density at radius 1 is 0.639 bits per heavy atom. The predicted molar refractivity (Wildman–Crippen MR) is 121 cm³/mol. The summed E-state index contributed by atoms with van der Waals surface area (Å²) in [6, 6.07) is 7.37.